The third kappa shape index (κ3) is 8.23. The van der Waals surface area contributed by atoms with Crippen molar-refractivity contribution < 1.29 is 29.6 Å². The van der Waals surface area contributed by atoms with E-state index >= 15 is 0 Å². The molecule has 9 nitrogen and oxygen atoms in total. The number of nitrogens with one attached hydrogen (secondary N) is 2. The van der Waals surface area contributed by atoms with Crippen molar-refractivity contribution in [1.82, 2.24) is 15.6 Å². The number of rotatable bonds is 14. The molecule has 4 rings (SSSR count). The first-order valence-electron chi connectivity index (χ1n) is 12.8. The van der Waals surface area contributed by atoms with Crippen LogP contribution >= 0.6 is 0 Å². The van der Waals surface area contributed by atoms with Crippen LogP contribution in [0.15, 0.2) is 85.1 Å². The Kier molecular flexibility index (Phi) is 10.2. The van der Waals surface area contributed by atoms with Crippen LogP contribution in [0.5, 0.6) is 17.2 Å². The van der Waals surface area contributed by atoms with Gasteiger partial charge in [-0.25, -0.2) is 0 Å². The minimum Gasteiger partial charge on any atom is -0.491 e. The zero-order valence-electron chi connectivity index (χ0n) is 21.5. The Morgan fingerprint density at radius 1 is 0.949 bits per heavy atom. The number of fused-ring (bicyclic) bond motifs is 1. The van der Waals surface area contributed by atoms with E-state index in [9.17, 15) is 15.0 Å². The fraction of sp³-hybridized carbons (Fsp3) is 0.267. The summed E-state index contributed by atoms with van der Waals surface area (Å²) >= 11 is 0. The summed E-state index contributed by atoms with van der Waals surface area (Å²) < 4.78 is 11.7. The summed E-state index contributed by atoms with van der Waals surface area (Å²) in [6, 6.07) is 23.6. The molecule has 1 amide bonds. The second-order valence-electron chi connectivity index (χ2n) is 9.04. The first-order chi connectivity index (χ1) is 19.1. The molecule has 9 heteroatoms. The van der Waals surface area contributed by atoms with E-state index in [-0.39, 0.29) is 38.3 Å². The van der Waals surface area contributed by atoms with Gasteiger partial charge in [-0.15, -0.1) is 0 Å². The van der Waals surface area contributed by atoms with E-state index in [2.05, 4.69) is 15.6 Å². The van der Waals surface area contributed by atoms with Crippen molar-refractivity contribution in [2.75, 3.05) is 32.9 Å². The van der Waals surface area contributed by atoms with Gasteiger partial charge in [0.05, 0.1) is 18.7 Å². The number of pyridine rings is 1. The fourth-order valence-corrected chi connectivity index (χ4v) is 4.00. The van der Waals surface area contributed by atoms with Gasteiger partial charge in [0, 0.05) is 36.3 Å². The first kappa shape index (κ1) is 28.0. The first-order valence-corrected chi connectivity index (χ1v) is 12.8. The van der Waals surface area contributed by atoms with Crippen molar-refractivity contribution in [3.05, 3.63) is 96.2 Å². The second kappa shape index (κ2) is 14.2. The van der Waals surface area contributed by atoms with Crippen molar-refractivity contribution in [2.24, 2.45) is 0 Å². The number of carbonyl (C=O) groups is 1. The molecule has 0 radical (unpaired) electrons. The number of hydrogen-bond acceptors (Lipinski definition) is 8. The van der Waals surface area contributed by atoms with Crippen LogP contribution in [0.4, 0.5) is 0 Å². The number of ether oxygens (including phenoxy) is 2. The summed E-state index contributed by atoms with van der Waals surface area (Å²) in [4.78, 5) is 16.5. The highest BCUT2D eigenvalue weighted by molar-refractivity contribution is 5.98. The molecule has 0 saturated heterocycles. The number of amides is 1. The largest absolute Gasteiger partial charge is 0.491 e. The quantitative estimate of drug-likeness (QED) is 0.168. The Labute approximate surface area is 227 Å². The lowest BCUT2D eigenvalue weighted by atomic mass is 10.1. The smallest absolute Gasteiger partial charge is 0.251 e. The van der Waals surface area contributed by atoms with Crippen LogP contribution in [-0.4, -0.2) is 71.3 Å². The van der Waals surface area contributed by atoms with Gasteiger partial charge in [0.25, 0.3) is 5.91 Å². The SMILES string of the molecule is O=C(NCCO)c1ccc2c(Oc3ccc(C[C@@H](CO)NC[C@H](O)COc4ccccc4)cc3)ccnc2c1. The zero-order valence-corrected chi connectivity index (χ0v) is 21.5. The summed E-state index contributed by atoms with van der Waals surface area (Å²) in [7, 11) is 0. The van der Waals surface area contributed by atoms with Crippen molar-refractivity contribution in [3.63, 3.8) is 0 Å². The Morgan fingerprint density at radius 3 is 2.49 bits per heavy atom. The van der Waals surface area contributed by atoms with Crippen LogP contribution in [0, 0.1) is 0 Å². The molecule has 4 aromatic rings. The third-order valence-electron chi connectivity index (χ3n) is 6.04. The molecule has 0 unspecified atom stereocenters. The van der Waals surface area contributed by atoms with Gasteiger partial charge < -0.3 is 35.4 Å². The van der Waals surface area contributed by atoms with Gasteiger partial charge in [-0.05, 0) is 60.5 Å². The van der Waals surface area contributed by atoms with Crippen LogP contribution < -0.4 is 20.1 Å². The highest BCUT2D eigenvalue weighted by atomic mass is 16.5. The molecule has 0 saturated carbocycles. The van der Waals surface area contributed by atoms with Crippen molar-refractivity contribution in [2.45, 2.75) is 18.6 Å². The predicted molar refractivity (Wildman–Crippen MR) is 148 cm³/mol. The normalized spacial score (nSPS) is 12.6. The summed E-state index contributed by atoms with van der Waals surface area (Å²) in [5, 5.41) is 35.5. The second-order valence-corrected chi connectivity index (χ2v) is 9.04. The van der Waals surface area contributed by atoms with Crippen molar-refractivity contribution in [1.29, 1.82) is 0 Å². The average Bonchev–Trinajstić information content (AvgIpc) is 2.98. The van der Waals surface area contributed by atoms with Gasteiger partial charge in [0.2, 0.25) is 0 Å². The number of hydrogen-bond donors (Lipinski definition) is 5. The minimum atomic E-state index is -0.712. The van der Waals surface area contributed by atoms with Crippen molar-refractivity contribution >= 4 is 16.8 Å². The monoisotopic (exact) mass is 531 g/mol. The number of aromatic nitrogens is 1. The molecule has 39 heavy (non-hydrogen) atoms. The summed E-state index contributed by atoms with van der Waals surface area (Å²) in [5.74, 6) is 1.67. The molecule has 0 aliphatic carbocycles. The minimum absolute atomic E-state index is 0.0759. The number of aliphatic hydroxyl groups excluding tert-OH is 3. The van der Waals surface area contributed by atoms with E-state index < -0.39 is 6.10 Å². The predicted octanol–water partition coefficient (Wildman–Crippen LogP) is 2.68. The third-order valence-corrected chi connectivity index (χ3v) is 6.04. The molecule has 0 fully saturated rings. The van der Waals surface area contributed by atoms with Gasteiger partial charge >= 0.3 is 0 Å². The number of benzene rings is 3. The van der Waals surface area contributed by atoms with Gasteiger partial charge in [-0.1, -0.05) is 30.3 Å². The fourth-order valence-electron chi connectivity index (χ4n) is 4.00. The topological polar surface area (TPSA) is 133 Å². The zero-order chi connectivity index (χ0) is 27.5. The van der Waals surface area contributed by atoms with E-state index in [1.807, 2.05) is 54.6 Å². The lowest BCUT2D eigenvalue weighted by molar-refractivity contribution is 0.0944. The highest BCUT2D eigenvalue weighted by Gasteiger charge is 2.13. The maximum atomic E-state index is 12.2. The van der Waals surface area contributed by atoms with Gasteiger partial charge in [-0.2, -0.15) is 0 Å². The summed E-state index contributed by atoms with van der Waals surface area (Å²) in [6.07, 6.45) is 1.48. The van der Waals surface area contributed by atoms with Crippen molar-refractivity contribution in [3.8, 4) is 17.2 Å². The number of aliphatic hydroxyl groups is 3. The van der Waals surface area contributed by atoms with E-state index in [0.29, 0.717) is 41.3 Å². The van der Waals surface area contributed by atoms with Gasteiger partial charge in [0.15, 0.2) is 0 Å². The molecule has 2 atom stereocenters. The molecule has 1 heterocycles. The molecule has 0 bridgehead atoms. The lowest BCUT2D eigenvalue weighted by Gasteiger charge is -2.19. The van der Waals surface area contributed by atoms with E-state index in [1.165, 1.54) is 0 Å². The molecule has 0 spiro atoms. The lowest BCUT2D eigenvalue weighted by Crippen LogP contribution is -2.41. The molecule has 3 aromatic carbocycles. The van der Waals surface area contributed by atoms with E-state index in [4.69, 9.17) is 14.6 Å². The van der Waals surface area contributed by atoms with Crippen LogP contribution in [0.25, 0.3) is 10.9 Å². The number of nitrogens with zero attached hydrogens (tertiary/aromatic N) is 1. The van der Waals surface area contributed by atoms with Crippen LogP contribution in [0.2, 0.25) is 0 Å². The molecule has 0 aliphatic rings. The maximum absolute atomic E-state index is 12.2. The van der Waals surface area contributed by atoms with Gasteiger partial charge in [0.1, 0.15) is 30.0 Å². The van der Waals surface area contributed by atoms with Crippen LogP contribution in [-0.2, 0) is 6.42 Å². The number of para-hydroxylation sites is 1. The van der Waals surface area contributed by atoms with E-state index in [0.717, 1.165) is 10.9 Å². The Morgan fingerprint density at radius 2 is 1.74 bits per heavy atom. The molecular formula is C30H33N3O6. The Bertz CT molecular complexity index is 1330. The Hall–Kier alpha value is -4.02. The molecule has 204 valence electrons. The molecule has 0 aliphatic heterocycles. The highest BCUT2D eigenvalue weighted by Crippen LogP contribution is 2.29. The number of carbonyl (C=O) groups excluding carboxylic acids is 1. The standard InChI is InChI=1S/C30H33N3O6/c34-15-14-32-30(37)22-8-11-27-28(17-22)31-13-12-29(27)39-26-9-6-21(7-10-26)16-23(19-35)33-18-24(36)20-38-25-4-2-1-3-5-25/h1-13,17,23-24,33-36H,14-16,18-20H2,(H,32,37)/t23-,24-/m0/s1. The molecular weight excluding hydrogens is 498 g/mol. The summed E-state index contributed by atoms with van der Waals surface area (Å²) in [6.45, 7) is 0.430. The molecule has 1 aromatic heterocycles. The maximum Gasteiger partial charge on any atom is 0.251 e. The van der Waals surface area contributed by atoms with E-state index in [1.54, 1.807) is 30.5 Å². The summed E-state index contributed by atoms with van der Waals surface area (Å²) in [5.41, 5.74) is 2.07. The van der Waals surface area contributed by atoms with Gasteiger partial charge in [-0.3, -0.25) is 9.78 Å². The van der Waals surface area contributed by atoms with Crippen LogP contribution in [0.1, 0.15) is 15.9 Å². The molecule has 5 N–H and O–H groups in total. The Balaban J connectivity index is 1.31. The average molecular weight is 532 g/mol. The van der Waals surface area contributed by atoms with Crippen LogP contribution in [0.3, 0.4) is 0 Å².